The molecule has 0 saturated heterocycles. The number of hydrogen-bond donors (Lipinski definition) is 2. The molecule has 0 fully saturated rings. The van der Waals surface area contributed by atoms with Crippen LogP contribution in [-0.2, 0) is 32.7 Å². The lowest BCUT2D eigenvalue weighted by molar-refractivity contribution is -0.161. The summed E-state index contributed by atoms with van der Waals surface area (Å²) in [6, 6.07) is 0. The predicted octanol–water partition coefficient (Wildman–Crippen LogP) is 22.0. The fourth-order valence-electron chi connectivity index (χ4n) is 8.46. The zero-order chi connectivity index (χ0) is 61.6. The number of nitrogens with two attached hydrogens (primary N) is 1. The van der Waals surface area contributed by atoms with Gasteiger partial charge in [0.15, 0.2) is 6.10 Å². The van der Waals surface area contributed by atoms with Crippen molar-refractivity contribution in [3.8, 4) is 0 Å². The van der Waals surface area contributed by atoms with Crippen molar-refractivity contribution in [1.82, 2.24) is 0 Å². The van der Waals surface area contributed by atoms with E-state index >= 15 is 0 Å². The van der Waals surface area contributed by atoms with Crippen LogP contribution in [0.25, 0.3) is 0 Å². The highest BCUT2D eigenvalue weighted by Crippen LogP contribution is 2.43. The highest BCUT2D eigenvalue weighted by atomic mass is 31.2. The molecule has 9 nitrogen and oxygen atoms in total. The van der Waals surface area contributed by atoms with Gasteiger partial charge in [0.2, 0.25) is 0 Å². The monoisotopic (exact) mass is 1190 g/mol. The van der Waals surface area contributed by atoms with Crippen LogP contribution < -0.4 is 5.73 Å². The molecule has 0 bridgehead atoms. The van der Waals surface area contributed by atoms with E-state index in [4.69, 9.17) is 24.3 Å². The Morgan fingerprint density at radius 2 is 0.612 bits per heavy atom. The van der Waals surface area contributed by atoms with E-state index in [1.165, 1.54) is 64.2 Å². The van der Waals surface area contributed by atoms with E-state index in [0.717, 1.165) is 148 Å². The summed E-state index contributed by atoms with van der Waals surface area (Å²) in [5.74, 6) is -0.869. The Morgan fingerprint density at radius 1 is 0.353 bits per heavy atom. The first-order valence-corrected chi connectivity index (χ1v) is 34.8. The van der Waals surface area contributed by atoms with Gasteiger partial charge in [-0.25, -0.2) is 4.57 Å². The first-order valence-electron chi connectivity index (χ1n) is 33.3. The summed E-state index contributed by atoms with van der Waals surface area (Å²) in [5, 5.41) is 0. The molecule has 0 rings (SSSR count). The minimum Gasteiger partial charge on any atom is -0.462 e. The lowest BCUT2D eigenvalue weighted by Gasteiger charge is -2.19. The number of carbonyl (C=O) groups excluding carboxylic acids is 2. The van der Waals surface area contributed by atoms with E-state index in [0.29, 0.717) is 6.42 Å². The number of phosphoric ester groups is 1. The van der Waals surface area contributed by atoms with Gasteiger partial charge in [-0.15, -0.1) is 0 Å². The molecule has 3 N–H and O–H groups in total. The molecular weight excluding hydrogens is 1070 g/mol. The SMILES string of the molecule is CC/C=C\C/C=C\C/C=C\C/C=C\C/C=C\C/C=C\C/C=C\C/C=C\C/C=C\C/C=C\CCCCCCC(=O)OC(COC(=O)CCCCCCCCCCCCCCC/C=C\C/C=C\C/C=C\C/C=C\C/C=C\CC)COP(=O)(O)OCCN. The summed E-state index contributed by atoms with van der Waals surface area (Å²) >= 11 is 0. The summed E-state index contributed by atoms with van der Waals surface area (Å²) in [7, 11) is -4.41. The number of allylic oxidation sites excluding steroid dienone is 30. The summed E-state index contributed by atoms with van der Waals surface area (Å²) in [6.07, 6.45) is 102. The van der Waals surface area contributed by atoms with Gasteiger partial charge in [-0.2, -0.15) is 0 Å². The van der Waals surface area contributed by atoms with Crippen molar-refractivity contribution in [3.63, 3.8) is 0 Å². The molecule has 0 aromatic heterocycles. The standard InChI is InChI=1S/C75H120NO8P/c1-3-5-7-9-11-13-15-17-19-21-23-25-27-29-31-33-34-35-36-37-38-40-42-44-46-48-50-52-54-56-58-60-62-64-66-68-75(78)84-73(72-83-85(79,80)82-70-69-76)71-81-74(77)67-65-63-61-59-57-55-53-51-49-47-45-43-41-39-32-30-28-26-24-22-20-18-16-14-12-10-8-6-4-2/h5-8,11-14,17-20,23-26,29-32,34-35,37-38,42,44,48,50,54,56,73H,3-4,9-10,15-16,21-22,27-28,33,36,39-41,43,45-47,49,51-53,55,57-72,76H2,1-2H3,(H,79,80)/b7-5-,8-6-,13-11-,14-12-,19-17-,20-18-,25-23-,26-24-,31-29-,32-30-,35-34-,38-37-,44-42-,50-48-,56-54-. The molecule has 478 valence electrons. The van der Waals surface area contributed by atoms with E-state index in [-0.39, 0.29) is 32.6 Å². The largest absolute Gasteiger partial charge is 0.472 e. The number of ether oxygens (including phenoxy) is 2. The summed E-state index contributed by atoms with van der Waals surface area (Å²) < 4.78 is 33.1. The van der Waals surface area contributed by atoms with Crippen LogP contribution in [0.5, 0.6) is 0 Å². The second kappa shape index (κ2) is 68.2. The molecule has 10 heteroatoms. The molecule has 0 aromatic rings. The lowest BCUT2D eigenvalue weighted by Crippen LogP contribution is -2.29. The zero-order valence-electron chi connectivity index (χ0n) is 53.5. The Balaban J connectivity index is 4.05. The second-order valence-electron chi connectivity index (χ2n) is 21.2. The van der Waals surface area contributed by atoms with Crippen LogP contribution >= 0.6 is 7.82 Å². The molecule has 85 heavy (non-hydrogen) atoms. The third-order valence-corrected chi connectivity index (χ3v) is 14.3. The molecule has 0 spiro atoms. The van der Waals surface area contributed by atoms with Crippen molar-refractivity contribution in [3.05, 3.63) is 182 Å². The minimum atomic E-state index is -4.41. The van der Waals surface area contributed by atoms with Gasteiger partial charge in [-0.3, -0.25) is 18.6 Å². The first kappa shape index (κ1) is 80.1. The van der Waals surface area contributed by atoms with Gasteiger partial charge in [0.1, 0.15) is 6.61 Å². The lowest BCUT2D eigenvalue weighted by atomic mass is 10.0. The molecule has 0 radical (unpaired) electrons. The van der Waals surface area contributed by atoms with Crippen molar-refractivity contribution < 1.29 is 37.6 Å². The molecule has 0 aliphatic heterocycles. The molecule has 0 amide bonds. The van der Waals surface area contributed by atoms with Crippen molar-refractivity contribution in [2.75, 3.05) is 26.4 Å². The van der Waals surface area contributed by atoms with E-state index in [9.17, 15) is 19.0 Å². The number of carbonyl (C=O) groups is 2. The van der Waals surface area contributed by atoms with Crippen molar-refractivity contribution >= 4 is 19.8 Å². The van der Waals surface area contributed by atoms with Gasteiger partial charge >= 0.3 is 19.8 Å². The minimum absolute atomic E-state index is 0.0392. The van der Waals surface area contributed by atoms with Crippen molar-refractivity contribution in [1.29, 1.82) is 0 Å². The fourth-order valence-corrected chi connectivity index (χ4v) is 9.22. The summed E-state index contributed by atoms with van der Waals surface area (Å²) in [5.41, 5.74) is 5.39. The molecular formula is C75H120NO8P. The van der Waals surface area contributed by atoms with Crippen molar-refractivity contribution in [2.24, 2.45) is 5.73 Å². The Kier molecular flexibility index (Phi) is 64.3. The maximum absolute atomic E-state index is 12.7. The van der Waals surface area contributed by atoms with Crippen molar-refractivity contribution in [2.45, 2.75) is 251 Å². The average Bonchev–Trinajstić information content (AvgIpc) is 3.52. The maximum atomic E-state index is 12.7. The van der Waals surface area contributed by atoms with Gasteiger partial charge in [0, 0.05) is 19.4 Å². The van der Waals surface area contributed by atoms with Crippen LogP contribution in [0, 0.1) is 0 Å². The number of esters is 2. The predicted molar refractivity (Wildman–Crippen MR) is 366 cm³/mol. The van der Waals surface area contributed by atoms with Crippen LogP contribution in [0.1, 0.15) is 245 Å². The number of hydrogen-bond acceptors (Lipinski definition) is 8. The average molecular weight is 1190 g/mol. The second-order valence-corrected chi connectivity index (χ2v) is 22.7. The van der Waals surface area contributed by atoms with E-state index in [2.05, 4.69) is 196 Å². The van der Waals surface area contributed by atoms with Crippen LogP contribution in [0.3, 0.4) is 0 Å². The number of rotatable bonds is 60. The van der Waals surface area contributed by atoms with Gasteiger partial charge in [-0.05, 0) is 135 Å². The molecule has 0 heterocycles. The molecule has 0 aliphatic rings. The smallest absolute Gasteiger partial charge is 0.462 e. The topological polar surface area (TPSA) is 134 Å². The normalized spacial score (nSPS) is 14.2. The molecule has 0 aromatic carbocycles. The van der Waals surface area contributed by atoms with E-state index in [1.807, 2.05) is 0 Å². The third kappa shape index (κ3) is 68.1. The van der Waals surface area contributed by atoms with Gasteiger partial charge in [0.05, 0.1) is 13.2 Å². The Hall–Kier alpha value is -4.89. The van der Waals surface area contributed by atoms with Crippen LogP contribution in [0.4, 0.5) is 0 Å². The first-order chi connectivity index (χ1) is 41.8. The number of phosphoric acid groups is 1. The highest BCUT2D eigenvalue weighted by Gasteiger charge is 2.26. The summed E-state index contributed by atoms with van der Waals surface area (Å²) in [4.78, 5) is 35.3. The Morgan fingerprint density at radius 3 is 0.906 bits per heavy atom. The van der Waals surface area contributed by atoms with Gasteiger partial charge < -0.3 is 20.1 Å². The summed E-state index contributed by atoms with van der Waals surface area (Å²) in [6.45, 7) is 3.47. The van der Waals surface area contributed by atoms with E-state index in [1.54, 1.807) is 0 Å². The van der Waals surface area contributed by atoms with Crippen LogP contribution in [-0.4, -0.2) is 49.3 Å². The maximum Gasteiger partial charge on any atom is 0.472 e. The van der Waals surface area contributed by atoms with Gasteiger partial charge in [0.25, 0.3) is 0 Å². The van der Waals surface area contributed by atoms with Crippen LogP contribution in [0.2, 0.25) is 0 Å². The zero-order valence-corrected chi connectivity index (χ0v) is 54.4. The molecule has 2 unspecified atom stereocenters. The fraction of sp³-hybridized carbons (Fsp3) is 0.573. The Bertz CT molecular complexity index is 2040. The molecule has 0 aliphatic carbocycles. The highest BCUT2D eigenvalue weighted by molar-refractivity contribution is 7.47. The Labute approximate surface area is 520 Å². The van der Waals surface area contributed by atoms with Crippen LogP contribution in [0.15, 0.2) is 182 Å². The third-order valence-electron chi connectivity index (χ3n) is 13.3. The van der Waals surface area contributed by atoms with Gasteiger partial charge in [-0.1, -0.05) is 280 Å². The molecule has 2 atom stereocenters. The van der Waals surface area contributed by atoms with E-state index < -0.39 is 32.5 Å². The number of unbranched alkanes of at least 4 members (excludes halogenated alkanes) is 17. The quantitative estimate of drug-likeness (QED) is 0.0264. The molecule has 0 saturated carbocycles.